The highest BCUT2D eigenvalue weighted by Crippen LogP contribution is 2.39. The zero-order valence-corrected chi connectivity index (χ0v) is 10.3. The molecule has 0 fully saturated rings. The van der Waals surface area contributed by atoms with Crippen molar-refractivity contribution in [3.8, 4) is 5.75 Å². The molecule has 0 saturated carbocycles. The van der Waals surface area contributed by atoms with E-state index in [4.69, 9.17) is 4.74 Å². The van der Waals surface area contributed by atoms with Crippen molar-refractivity contribution in [3.05, 3.63) is 29.8 Å². The van der Waals surface area contributed by atoms with Crippen LogP contribution in [0.1, 0.15) is 38.1 Å². The van der Waals surface area contributed by atoms with E-state index in [-0.39, 0.29) is 17.6 Å². The summed E-state index contributed by atoms with van der Waals surface area (Å²) in [5.74, 6) is 1.15. The number of ketones is 1. The third kappa shape index (κ3) is 1.62. The van der Waals surface area contributed by atoms with Crippen molar-refractivity contribution in [3.63, 3.8) is 0 Å². The normalized spacial score (nSPS) is 22.8. The summed E-state index contributed by atoms with van der Waals surface area (Å²) in [6, 6.07) is 7.50. The van der Waals surface area contributed by atoms with Crippen LogP contribution in [-0.4, -0.2) is 11.4 Å². The lowest BCUT2D eigenvalue weighted by molar-refractivity contribution is 0.0113. The van der Waals surface area contributed by atoms with Crippen molar-refractivity contribution >= 4 is 5.78 Å². The van der Waals surface area contributed by atoms with Crippen LogP contribution in [0.4, 0.5) is 0 Å². The maximum Gasteiger partial charge on any atom is 0.173 e. The zero-order valence-electron chi connectivity index (χ0n) is 10.3. The fraction of sp³-hybridized carbons (Fsp3) is 0.500. The number of benzene rings is 1. The molecule has 2 nitrogen and oxygen atoms in total. The molecule has 0 N–H and O–H groups in total. The van der Waals surface area contributed by atoms with Crippen molar-refractivity contribution in [1.82, 2.24) is 0 Å². The smallest absolute Gasteiger partial charge is 0.173 e. The van der Waals surface area contributed by atoms with Gasteiger partial charge in [-0.3, -0.25) is 4.79 Å². The average molecular weight is 218 g/mol. The number of para-hydroxylation sites is 1. The molecule has 0 aromatic heterocycles. The lowest BCUT2D eigenvalue weighted by Gasteiger charge is -2.40. The molecule has 1 aliphatic rings. The molecule has 1 atom stereocenters. The Morgan fingerprint density at radius 1 is 1.25 bits per heavy atom. The van der Waals surface area contributed by atoms with E-state index in [9.17, 15) is 4.79 Å². The summed E-state index contributed by atoms with van der Waals surface area (Å²) < 4.78 is 5.94. The van der Waals surface area contributed by atoms with E-state index < -0.39 is 5.60 Å². The monoisotopic (exact) mass is 218 g/mol. The van der Waals surface area contributed by atoms with E-state index in [1.54, 1.807) is 0 Å². The summed E-state index contributed by atoms with van der Waals surface area (Å²) in [6.45, 7) is 8.13. The van der Waals surface area contributed by atoms with Gasteiger partial charge < -0.3 is 4.74 Å². The highest BCUT2D eigenvalue weighted by Gasteiger charge is 2.44. The van der Waals surface area contributed by atoms with Crippen molar-refractivity contribution in [1.29, 1.82) is 0 Å². The minimum atomic E-state index is -0.417. The maximum absolute atomic E-state index is 12.4. The third-order valence-corrected chi connectivity index (χ3v) is 3.22. The minimum Gasteiger partial charge on any atom is -0.486 e. The predicted octanol–water partition coefficient (Wildman–Crippen LogP) is 3.31. The Morgan fingerprint density at radius 3 is 2.50 bits per heavy atom. The highest BCUT2D eigenvalue weighted by atomic mass is 16.5. The minimum absolute atomic E-state index is 0.0672. The van der Waals surface area contributed by atoms with Crippen LogP contribution < -0.4 is 4.74 Å². The second-order valence-corrected chi connectivity index (χ2v) is 5.29. The number of carbonyl (C=O) groups is 1. The summed E-state index contributed by atoms with van der Waals surface area (Å²) >= 11 is 0. The molecule has 0 spiro atoms. The number of carbonyl (C=O) groups excluding carboxylic acids is 1. The molecule has 16 heavy (non-hydrogen) atoms. The molecule has 1 unspecified atom stereocenters. The molecule has 1 heterocycles. The van der Waals surface area contributed by atoms with Crippen LogP contribution in [0.15, 0.2) is 24.3 Å². The van der Waals surface area contributed by atoms with E-state index in [0.29, 0.717) is 0 Å². The Hall–Kier alpha value is -1.31. The predicted molar refractivity (Wildman–Crippen MR) is 63.8 cm³/mol. The summed E-state index contributed by atoms with van der Waals surface area (Å²) in [5, 5.41) is 0. The first-order chi connectivity index (χ1) is 7.43. The van der Waals surface area contributed by atoms with E-state index >= 15 is 0 Å². The van der Waals surface area contributed by atoms with Gasteiger partial charge in [0.05, 0.1) is 11.5 Å². The second kappa shape index (κ2) is 3.62. The third-order valence-electron chi connectivity index (χ3n) is 3.22. The van der Waals surface area contributed by atoms with Gasteiger partial charge in [0.1, 0.15) is 11.4 Å². The Kier molecular flexibility index (Phi) is 2.53. The quantitative estimate of drug-likeness (QED) is 0.722. The molecule has 86 valence electrons. The van der Waals surface area contributed by atoms with E-state index in [2.05, 4.69) is 13.8 Å². The van der Waals surface area contributed by atoms with E-state index in [1.807, 2.05) is 38.1 Å². The van der Waals surface area contributed by atoms with Gasteiger partial charge in [0.15, 0.2) is 5.78 Å². The lowest BCUT2D eigenvalue weighted by Crippen LogP contribution is -2.48. The SMILES string of the molecule is CC(C)C1C(=O)c2ccccc2OC1(C)C. The molecule has 1 aromatic rings. The van der Waals surface area contributed by atoms with Crippen molar-refractivity contribution in [2.75, 3.05) is 0 Å². The first-order valence-corrected chi connectivity index (χ1v) is 5.76. The Bertz CT molecular complexity index is 418. The number of ether oxygens (including phenoxy) is 1. The van der Waals surface area contributed by atoms with Crippen LogP contribution in [0, 0.1) is 11.8 Å². The molecule has 2 rings (SSSR count). The van der Waals surface area contributed by atoms with Crippen LogP contribution in [0.2, 0.25) is 0 Å². The number of rotatable bonds is 1. The van der Waals surface area contributed by atoms with Gasteiger partial charge in [-0.1, -0.05) is 26.0 Å². The van der Waals surface area contributed by atoms with Gasteiger partial charge in [-0.15, -0.1) is 0 Å². The topological polar surface area (TPSA) is 26.3 Å². The van der Waals surface area contributed by atoms with Gasteiger partial charge in [0, 0.05) is 0 Å². The first-order valence-electron chi connectivity index (χ1n) is 5.76. The highest BCUT2D eigenvalue weighted by molar-refractivity contribution is 6.02. The molecular weight excluding hydrogens is 200 g/mol. The molecule has 0 bridgehead atoms. The van der Waals surface area contributed by atoms with Gasteiger partial charge in [0.2, 0.25) is 0 Å². The van der Waals surface area contributed by atoms with E-state index in [1.165, 1.54) is 0 Å². The van der Waals surface area contributed by atoms with Gasteiger partial charge in [-0.25, -0.2) is 0 Å². The summed E-state index contributed by atoms with van der Waals surface area (Å²) in [4.78, 5) is 12.4. The molecule has 0 radical (unpaired) electrons. The Labute approximate surface area is 96.6 Å². The maximum atomic E-state index is 12.4. The summed E-state index contributed by atoms with van der Waals surface area (Å²) in [7, 11) is 0. The molecule has 1 aliphatic heterocycles. The number of Topliss-reactive ketones (excluding diaryl/α,β-unsaturated/α-hetero) is 1. The number of hydrogen-bond acceptors (Lipinski definition) is 2. The summed E-state index contributed by atoms with van der Waals surface area (Å²) in [5.41, 5.74) is 0.306. The molecule has 1 aromatic carbocycles. The van der Waals surface area contributed by atoms with Gasteiger partial charge >= 0.3 is 0 Å². The van der Waals surface area contributed by atoms with Crippen LogP contribution >= 0.6 is 0 Å². The fourth-order valence-electron chi connectivity index (χ4n) is 2.69. The van der Waals surface area contributed by atoms with Crippen molar-refractivity contribution in [2.45, 2.75) is 33.3 Å². The Morgan fingerprint density at radius 2 is 1.88 bits per heavy atom. The largest absolute Gasteiger partial charge is 0.486 e. The number of fused-ring (bicyclic) bond motifs is 1. The second-order valence-electron chi connectivity index (χ2n) is 5.29. The van der Waals surface area contributed by atoms with Gasteiger partial charge in [-0.2, -0.15) is 0 Å². The van der Waals surface area contributed by atoms with Crippen LogP contribution in [0.25, 0.3) is 0 Å². The van der Waals surface area contributed by atoms with E-state index in [0.717, 1.165) is 11.3 Å². The average Bonchev–Trinajstić information content (AvgIpc) is 2.15. The fourth-order valence-corrected chi connectivity index (χ4v) is 2.69. The Balaban J connectivity index is 2.51. The first kappa shape index (κ1) is 11.2. The van der Waals surface area contributed by atoms with Gasteiger partial charge in [-0.05, 0) is 31.9 Å². The molecule has 0 saturated heterocycles. The van der Waals surface area contributed by atoms with Crippen molar-refractivity contribution in [2.24, 2.45) is 11.8 Å². The lowest BCUT2D eigenvalue weighted by atomic mass is 9.75. The molecule has 2 heteroatoms. The summed E-state index contributed by atoms with van der Waals surface area (Å²) in [6.07, 6.45) is 0. The number of hydrogen-bond donors (Lipinski definition) is 0. The molecular formula is C14H18O2. The zero-order chi connectivity index (χ0) is 11.9. The van der Waals surface area contributed by atoms with Gasteiger partial charge in [0.25, 0.3) is 0 Å². The molecule has 0 amide bonds. The van der Waals surface area contributed by atoms with Crippen LogP contribution in [0.3, 0.4) is 0 Å². The van der Waals surface area contributed by atoms with Crippen LogP contribution in [-0.2, 0) is 0 Å². The molecule has 0 aliphatic carbocycles. The van der Waals surface area contributed by atoms with Crippen molar-refractivity contribution < 1.29 is 9.53 Å². The standard InChI is InChI=1S/C14H18O2/c1-9(2)12-13(15)10-7-5-6-8-11(10)16-14(12,3)4/h5-9,12H,1-4H3. The van der Waals surface area contributed by atoms with Crippen LogP contribution in [0.5, 0.6) is 5.75 Å².